The molecule has 0 spiro atoms. The number of aromatic carboxylic acids is 1. The van der Waals surface area contributed by atoms with Crippen molar-refractivity contribution in [3.8, 4) is 5.69 Å². The number of primary amides is 1. The molecule has 6 heteroatoms. The minimum Gasteiger partial charge on any atom is -0.478 e. The quantitative estimate of drug-likeness (QED) is 0.841. The van der Waals surface area contributed by atoms with E-state index in [9.17, 15) is 9.59 Å². The largest absolute Gasteiger partial charge is 0.478 e. The Balaban J connectivity index is 2.43. The minimum absolute atomic E-state index is 0.147. The highest BCUT2D eigenvalue weighted by molar-refractivity contribution is 5.93. The molecule has 1 aromatic heterocycles. The highest BCUT2D eigenvalue weighted by Crippen LogP contribution is 2.14. The summed E-state index contributed by atoms with van der Waals surface area (Å²) in [5.74, 6) is -1.53. The summed E-state index contributed by atoms with van der Waals surface area (Å²) in [5, 5.41) is 12.9. The van der Waals surface area contributed by atoms with E-state index in [1.54, 1.807) is 31.2 Å². The van der Waals surface area contributed by atoms with Gasteiger partial charge in [0.15, 0.2) is 0 Å². The molecule has 0 saturated carbocycles. The van der Waals surface area contributed by atoms with Crippen molar-refractivity contribution in [2.75, 3.05) is 0 Å². The van der Waals surface area contributed by atoms with Crippen molar-refractivity contribution in [1.82, 2.24) is 9.78 Å². The number of hydrogen-bond donors (Lipinski definition) is 2. The molecule has 0 unspecified atom stereocenters. The smallest absolute Gasteiger partial charge is 0.339 e. The third kappa shape index (κ3) is 1.95. The van der Waals surface area contributed by atoms with Crippen molar-refractivity contribution in [3.05, 3.63) is 47.3 Å². The molecule has 1 amide bonds. The monoisotopic (exact) mass is 245 g/mol. The van der Waals surface area contributed by atoms with Crippen LogP contribution in [0, 0.1) is 6.92 Å². The first-order valence-electron chi connectivity index (χ1n) is 5.19. The molecule has 1 aromatic carbocycles. The van der Waals surface area contributed by atoms with Crippen LogP contribution in [0.25, 0.3) is 5.69 Å². The molecule has 0 aliphatic heterocycles. The van der Waals surface area contributed by atoms with Crippen LogP contribution in [0.4, 0.5) is 0 Å². The van der Waals surface area contributed by atoms with Crippen LogP contribution in [-0.4, -0.2) is 26.8 Å². The summed E-state index contributed by atoms with van der Waals surface area (Å²) in [7, 11) is 0. The summed E-state index contributed by atoms with van der Waals surface area (Å²) in [4.78, 5) is 21.8. The van der Waals surface area contributed by atoms with Gasteiger partial charge in [-0.2, -0.15) is 5.10 Å². The van der Waals surface area contributed by atoms with E-state index in [4.69, 9.17) is 10.8 Å². The lowest BCUT2D eigenvalue weighted by atomic mass is 10.2. The van der Waals surface area contributed by atoms with Crippen LogP contribution in [0.5, 0.6) is 0 Å². The van der Waals surface area contributed by atoms with Gasteiger partial charge in [0.2, 0.25) is 5.91 Å². The first-order valence-corrected chi connectivity index (χ1v) is 5.19. The fourth-order valence-corrected chi connectivity index (χ4v) is 1.65. The molecule has 0 bridgehead atoms. The standard InChI is InChI=1S/C12H11N3O3/c1-7-10(12(17)18)6-14-15(7)9-4-2-8(3-5-9)11(13)16/h2-6H,1H3,(H2,13,16)(H,17,18). The number of aromatic nitrogens is 2. The molecule has 6 nitrogen and oxygen atoms in total. The maximum atomic E-state index is 10.9. The topological polar surface area (TPSA) is 98.2 Å². The van der Waals surface area contributed by atoms with Gasteiger partial charge in [-0.05, 0) is 31.2 Å². The molecule has 0 saturated heterocycles. The van der Waals surface area contributed by atoms with E-state index in [2.05, 4.69) is 5.10 Å². The number of hydrogen-bond acceptors (Lipinski definition) is 3. The molecule has 18 heavy (non-hydrogen) atoms. The predicted molar refractivity (Wildman–Crippen MR) is 63.8 cm³/mol. The van der Waals surface area contributed by atoms with Gasteiger partial charge in [0.25, 0.3) is 0 Å². The Morgan fingerprint density at radius 1 is 1.28 bits per heavy atom. The van der Waals surface area contributed by atoms with Crippen LogP contribution in [0.1, 0.15) is 26.4 Å². The second kappa shape index (κ2) is 4.33. The summed E-state index contributed by atoms with van der Waals surface area (Å²) in [6.45, 7) is 1.67. The van der Waals surface area contributed by atoms with E-state index in [0.29, 0.717) is 16.9 Å². The Labute approximate surface area is 103 Å². The van der Waals surface area contributed by atoms with Gasteiger partial charge in [-0.25, -0.2) is 9.48 Å². The molecule has 1 heterocycles. The Morgan fingerprint density at radius 3 is 2.33 bits per heavy atom. The van der Waals surface area contributed by atoms with Gasteiger partial charge in [0.05, 0.1) is 17.6 Å². The van der Waals surface area contributed by atoms with Crippen LogP contribution in [0.2, 0.25) is 0 Å². The van der Waals surface area contributed by atoms with Crippen LogP contribution in [0.3, 0.4) is 0 Å². The maximum absolute atomic E-state index is 10.9. The van der Waals surface area contributed by atoms with Crippen LogP contribution < -0.4 is 5.73 Å². The van der Waals surface area contributed by atoms with Gasteiger partial charge in [0, 0.05) is 5.56 Å². The van der Waals surface area contributed by atoms with Crippen molar-refractivity contribution < 1.29 is 14.7 Å². The van der Waals surface area contributed by atoms with E-state index in [0.717, 1.165) is 0 Å². The molecule has 3 N–H and O–H groups in total. The molecular weight excluding hydrogens is 234 g/mol. The van der Waals surface area contributed by atoms with Gasteiger partial charge in [-0.15, -0.1) is 0 Å². The number of benzene rings is 1. The number of carbonyl (C=O) groups is 2. The summed E-state index contributed by atoms with van der Waals surface area (Å²) in [6, 6.07) is 6.45. The average molecular weight is 245 g/mol. The van der Waals surface area contributed by atoms with Gasteiger partial charge < -0.3 is 10.8 Å². The van der Waals surface area contributed by atoms with E-state index < -0.39 is 11.9 Å². The van der Waals surface area contributed by atoms with E-state index >= 15 is 0 Å². The highest BCUT2D eigenvalue weighted by atomic mass is 16.4. The molecule has 0 radical (unpaired) electrons. The first-order chi connectivity index (χ1) is 8.50. The Kier molecular flexibility index (Phi) is 2.85. The average Bonchev–Trinajstić information content (AvgIpc) is 2.71. The number of carboxylic acids is 1. The number of carbonyl (C=O) groups excluding carboxylic acids is 1. The zero-order valence-electron chi connectivity index (χ0n) is 9.62. The fraction of sp³-hybridized carbons (Fsp3) is 0.0833. The Hall–Kier alpha value is -2.63. The third-order valence-corrected chi connectivity index (χ3v) is 2.64. The zero-order valence-corrected chi connectivity index (χ0v) is 9.62. The van der Waals surface area contributed by atoms with Crippen LogP contribution in [0.15, 0.2) is 30.5 Å². The Morgan fingerprint density at radius 2 is 1.89 bits per heavy atom. The van der Waals surface area contributed by atoms with Crippen molar-refractivity contribution in [2.45, 2.75) is 6.92 Å². The first kappa shape index (κ1) is 11.8. The molecule has 0 aliphatic carbocycles. The van der Waals surface area contributed by atoms with E-state index in [1.165, 1.54) is 10.9 Å². The van der Waals surface area contributed by atoms with Gasteiger partial charge in [-0.3, -0.25) is 4.79 Å². The van der Waals surface area contributed by atoms with Crippen molar-refractivity contribution in [2.24, 2.45) is 5.73 Å². The number of amides is 1. The molecular formula is C12H11N3O3. The number of nitrogens with two attached hydrogens (primary N) is 1. The zero-order chi connectivity index (χ0) is 13.3. The summed E-state index contributed by atoms with van der Waals surface area (Å²) in [5.41, 5.74) is 6.87. The highest BCUT2D eigenvalue weighted by Gasteiger charge is 2.13. The van der Waals surface area contributed by atoms with Gasteiger partial charge in [-0.1, -0.05) is 0 Å². The normalized spacial score (nSPS) is 10.3. The summed E-state index contributed by atoms with van der Waals surface area (Å²) in [6.07, 6.45) is 1.29. The maximum Gasteiger partial charge on any atom is 0.339 e. The predicted octanol–water partition coefficient (Wildman–Crippen LogP) is 0.978. The third-order valence-electron chi connectivity index (χ3n) is 2.64. The number of nitrogens with zero attached hydrogens (tertiary/aromatic N) is 2. The molecule has 0 aliphatic rings. The lowest BCUT2D eigenvalue weighted by molar-refractivity contribution is 0.0696. The summed E-state index contributed by atoms with van der Waals surface area (Å²) < 4.78 is 1.49. The van der Waals surface area contributed by atoms with Crippen LogP contribution in [-0.2, 0) is 0 Å². The summed E-state index contributed by atoms with van der Waals surface area (Å²) >= 11 is 0. The van der Waals surface area contributed by atoms with Gasteiger partial charge >= 0.3 is 5.97 Å². The van der Waals surface area contributed by atoms with Crippen molar-refractivity contribution in [1.29, 1.82) is 0 Å². The van der Waals surface area contributed by atoms with Crippen molar-refractivity contribution >= 4 is 11.9 Å². The van der Waals surface area contributed by atoms with E-state index in [-0.39, 0.29) is 5.56 Å². The Bertz CT molecular complexity index is 614. The second-order valence-electron chi connectivity index (χ2n) is 3.77. The SMILES string of the molecule is Cc1c(C(=O)O)cnn1-c1ccc(C(N)=O)cc1. The lowest BCUT2D eigenvalue weighted by Gasteiger charge is -2.05. The number of carboxylic acid groups (broad SMARTS) is 1. The molecule has 2 rings (SSSR count). The molecule has 0 fully saturated rings. The fourth-order valence-electron chi connectivity index (χ4n) is 1.65. The molecule has 0 atom stereocenters. The lowest BCUT2D eigenvalue weighted by Crippen LogP contribution is -2.11. The van der Waals surface area contributed by atoms with Crippen molar-refractivity contribution in [3.63, 3.8) is 0 Å². The minimum atomic E-state index is -1.02. The van der Waals surface area contributed by atoms with E-state index in [1.807, 2.05) is 0 Å². The molecule has 92 valence electrons. The van der Waals surface area contributed by atoms with Crippen LogP contribution >= 0.6 is 0 Å². The van der Waals surface area contributed by atoms with Gasteiger partial charge in [0.1, 0.15) is 5.56 Å². The number of rotatable bonds is 3. The second-order valence-corrected chi connectivity index (χ2v) is 3.77. The molecule has 2 aromatic rings.